The molecule has 0 N–H and O–H groups in total. The molecule has 1 rings (SSSR count). The number of amides is 1. The molecule has 0 aliphatic carbocycles. The first-order valence-corrected chi connectivity index (χ1v) is 6.23. The smallest absolute Gasteiger partial charge is 0.324 e. The van der Waals surface area contributed by atoms with E-state index in [1.807, 2.05) is 13.8 Å². The van der Waals surface area contributed by atoms with Crippen LogP contribution in [0.15, 0.2) is 12.1 Å². The summed E-state index contributed by atoms with van der Waals surface area (Å²) in [6.45, 7) is 3.67. The highest BCUT2D eigenvalue weighted by molar-refractivity contribution is 7.17. The zero-order chi connectivity index (χ0) is 13.2. The third kappa shape index (κ3) is 2.95. The molecule has 0 saturated carbocycles. The molecule has 17 heavy (non-hydrogen) atoms. The van der Waals surface area contributed by atoms with Crippen LogP contribution >= 0.6 is 22.9 Å². The van der Waals surface area contributed by atoms with Crippen LogP contribution in [0, 0.1) is 10.1 Å². The average Bonchev–Trinajstić information content (AvgIpc) is 2.76. The van der Waals surface area contributed by atoms with Crippen LogP contribution in [0.1, 0.15) is 23.5 Å². The Bertz CT molecular complexity index is 445. The van der Waals surface area contributed by atoms with Gasteiger partial charge in [0.05, 0.1) is 15.3 Å². The third-order valence-electron chi connectivity index (χ3n) is 2.52. The highest BCUT2D eigenvalue weighted by Crippen LogP contribution is 2.26. The Morgan fingerprint density at radius 3 is 2.59 bits per heavy atom. The summed E-state index contributed by atoms with van der Waals surface area (Å²) in [5.41, 5.74) is -0.489. The van der Waals surface area contributed by atoms with Crippen molar-refractivity contribution in [2.24, 2.45) is 0 Å². The van der Waals surface area contributed by atoms with E-state index >= 15 is 0 Å². The predicted molar refractivity (Wildman–Crippen MR) is 67.9 cm³/mol. The zero-order valence-electron chi connectivity index (χ0n) is 9.77. The minimum absolute atomic E-state index is 0.0366. The van der Waals surface area contributed by atoms with E-state index in [1.54, 1.807) is 7.05 Å². The molecule has 94 valence electrons. The van der Waals surface area contributed by atoms with E-state index in [0.717, 1.165) is 11.3 Å². The molecule has 0 aliphatic heterocycles. The molecule has 0 atom stereocenters. The molecule has 0 aliphatic rings. The Hall–Kier alpha value is -1.14. The van der Waals surface area contributed by atoms with Crippen molar-refractivity contribution >= 4 is 33.8 Å². The number of hydrogen-bond acceptors (Lipinski definition) is 4. The Balaban J connectivity index is 2.93. The summed E-state index contributed by atoms with van der Waals surface area (Å²) in [5, 5.41) is 10.5. The molecule has 0 aromatic carbocycles. The lowest BCUT2D eigenvalue weighted by Gasteiger charge is -2.33. The summed E-state index contributed by atoms with van der Waals surface area (Å²) >= 11 is 6.65. The summed E-state index contributed by atoms with van der Waals surface area (Å²) in [5.74, 6) is 0.0386. The van der Waals surface area contributed by atoms with Gasteiger partial charge in [0.25, 0.3) is 5.91 Å². The first kappa shape index (κ1) is 13.9. The molecule has 7 heteroatoms. The van der Waals surface area contributed by atoms with Crippen LogP contribution in [0.4, 0.5) is 5.00 Å². The monoisotopic (exact) mass is 276 g/mol. The summed E-state index contributed by atoms with van der Waals surface area (Å²) in [6.07, 6.45) is 0. The largest absolute Gasteiger partial charge is 0.335 e. The highest BCUT2D eigenvalue weighted by Gasteiger charge is 2.29. The molecule has 1 aromatic heterocycles. The van der Waals surface area contributed by atoms with Crippen LogP contribution < -0.4 is 0 Å². The lowest BCUT2D eigenvalue weighted by atomic mass is 10.1. The maximum atomic E-state index is 12.0. The number of rotatable bonds is 4. The van der Waals surface area contributed by atoms with Crippen LogP contribution in [-0.2, 0) is 0 Å². The molecular formula is C10H13ClN2O3S. The van der Waals surface area contributed by atoms with Gasteiger partial charge in [-0.15, -0.1) is 11.6 Å². The fraction of sp³-hybridized carbons (Fsp3) is 0.500. The van der Waals surface area contributed by atoms with Gasteiger partial charge in [-0.3, -0.25) is 14.9 Å². The number of alkyl halides is 1. The summed E-state index contributed by atoms with van der Waals surface area (Å²) in [7, 11) is 1.64. The first-order chi connectivity index (χ1) is 7.79. The Kier molecular flexibility index (Phi) is 4.11. The van der Waals surface area contributed by atoms with E-state index < -0.39 is 10.5 Å². The van der Waals surface area contributed by atoms with E-state index in [9.17, 15) is 14.9 Å². The molecule has 1 heterocycles. The van der Waals surface area contributed by atoms with E-state index in [-0.39, 0.29) is 10.9 Å². The molecule has 1 amide bonds. The lowest BCUT2D eigenvalue weighted by molar-refractivity contribution is -0.380. The van der Waals surface area contributed by atoms with Crippen LogP contribution in [0.3, 0.4) is 0 Å². The van der Waals surface area contributed by atoms with Gasteiger partial charge >= 0.3 is 5.00 Å². The number of hydrogen-bond donors (Lipinski definition) is 0. The maximum absolute atomic E-state index is 12.0. The van der Waals surface area contributed by atoms with E-state index in [0.29, 0.717) is 10.8 Å². The molecule has 5 nitrogen and oxygen atoms in total. The Labute approximate surface area is 108 Å². The minimum atomic E-state index is -0.506. The van der Waals surface area contributed by atoms with Crippen LogP contribution in [0.25, 0.3) is 0 Å². The van der Waals surface area contributed by atoms with Gasteiger partial charge in [-0.2, -0.15) is 0 Å². The number of nitro groups is 1. The van der Waals surface area contributed by atoms with Gasteiger partial charge in [-0.05, 0) is 19.9 Å². The normalized spacial score (nSPS) is 11.3. The molecule has 0 fully saturated rings. The number of carbonyl (C=O) groups is 1. The van der Waals surface area contributed by atoms with Crippen molar-refractivity contribution in [3.63, 3.8) is 0 Å². The highest BCUT2D eigenvalue weighted by atomic mass is 35.5. The van der Waals surface area contributed by atoms with Gasteiger partial charge in [0, 0.05) is 19.0 Å². The molecule has 0 saturated heterocycles. The summed E-state index contributed by atoms with van der Waals surface area (Å²) in [6, 6.07) is 2.80. The number of halogens is 1. The molecule has 0 bridgehead atoms. The first-order valence-electron chi connectivity index (χ1n) is 4.88. The van der Waals surface area contributed by atoms with E-state index in [1.165, 1.54) is 17.0 Å². The quantitative estimate of drug-likeness (QED) is 0.482. The lowest BCUT2D eigenvalue weighted by Crippen LogP contribution is -2.46. The molecule has 0 unspecified atom stereocenters. The van der Waals surface area contributed by atoms with Crippen LogP contribution in [0.2, 0.25) is 0 Å². The van der Waals surface area contributed by atoms with Crippen molar-refractivity contribution in [3.8, 4) is 0 Å². The molecular weight excluding hydrogens is 264 g/mol. The predicted octanol–water partition coefficient (Wildman–Crippen LogP) is 2.75. The Morgan fingerprint density at radius 1 is 1.59 bits per heavy atom. The van der Waals surface area contributed by atoms with Gasteiger partial charge in [0.15, 0.2) is 0 Å². The van der Waals surface area contributed by atoms with Crippen molar-refractivity contribution in [2.45, 2.75) is 19.4 Å². The van der Waals surface area contributed by atoms with E-state index in [4.69, 9.17) is 11.6 Å². The SMILES string of the molecule is CN(C(=O)c1ccc([N+](=O)[O-])s1)C(C)(C)CCl. The summed E-state index contributed by atoms with van der Waals surface area (Å²) < 4.78 is 0. The van der Waals surface area contributed by atoms with Crippen molar-refractivity contribution in [2.75, 3.05) is 12.9 Å². The fourth-order valence-corrected chi connectivity index (χ4v) is 2.05. The molecule has 0 spiro atoms. The van der Waals surface area contributed by atoms with Gasteiger partial charge in [0.2, 0.25) is 0 Å². The average molecular weight is 277 g/mol. The maximum Gasteiger partial charge on any atom is 0.324 e. The van der Waals surface area contributed by atoms with Crippen LogP contribution in [0.5, 0.6) is 0 Å². The second-order valence-corrected chi connectivity index (χ2v) is 5.53. The third-order valence-corrected chi connectivity index (χ3v) is 4.20. The number of carbonyl (C=O) groups excluding carboxylic acids is 1. The second kappa shape index (κ2) is 5.01. The molecule has 0 radical (unpaired) electrons. The second-order valence-electron chi connectivity index (χ2n) is 4.21. The minimum Gasteiger partial charge on any atom is -0.335 e. The van der Waals surface area contributed by atoms with Crippen molar-refractivity contribution in [1.29, 1.82) is 0 Å². The number of thiophene rings is 1. The topological polar surface area (TPSA) is 63.5 Å². The fourth-order valence-electron chi connectivity index (χ4n) is 1.07. The van der Waals surface area contributed by atoms with Crippen LogP contribution in [-0.4, -0.2) is 34.2 Å². The van der Waals surface area contributed by atoms with Gasteiger partial charge in [-0.1, -0.05) is 11.3 Å². The van der Waals surface area contributed by atoms with Gasteiger partial charge in [-0.25, -0.2) is 0 Å². The van der Waals surface area contributed by atoms with Crippen molar-refractivity contribution in [3.05, 3.63) is 27.1 Å². The number of nitrogens with zero attached hydrogens (tertiary/aromatic N) is 2. The van der Waals surface area contributed by atoms with E-state index in [2.05, 4.69) is 0 Å². The van der Waals surface area contributed by atoms with Gasteiger partial charge in [0.1, 0.15) is 0 Å². The summed E-state index contributed by atoms with van der Waals surface area (Å²) in [4.78, 5) is 23.9. The van der Waals surface area contributed by atoms with Gasteiger partial charge < -0.3 is 4.90 Å². The standard InChI is InChI=1S/C10H13ClN2O3S/c1-10(2,6-11)12(3)9(14)7-4-5-8(17-7)13(15)16/h4-5H,6H2,1-3H3. The Morgan fingerprint density at radius 2 is 2.18 bits per heavy atom. The van der Waals surface area contributed by atoms with Crippen molar-refractivity contribution in [1.82, 2.24) is 4.90 Å². The molecule has 1 aromatic rings. The zero-order valence-corrected chi connectivity index (χ0v) is 11.3. The van der Waals surface area contributed by atoms with Crippen molar-refractivity contribution < 1.29 is 9.72 Å².